The van der Waals surface area contributed by atoms with E-state index in [0.29, 0.717) is 12.5 Å². The summed E-state index contributed by atoms with van der Waals surface area (Å²) < 4.78 is 0. The maximum Gasteiger partial charge on any atom is 0.227 e. The van der Waals surface area contributed by atoms with Crippen molar-refractivity contribution in [1.29, 1.82) is 0 Å². The number of nitrogens with one attached hydrogen (secondary N) is 2. The molecule has 1 unspecified atom stereocenters. The van der Waals surface area contributed by atoms with Crippen molar-refractivity contribution in [2.45, 2.75) is 39.7 Å². The van der Waals surface area contributed by atoms with E-state index in [1.165, 1.54) is 0 Å². The van der Waals surface area contributed by atoms with Crippen LogP contribution in [0.15, 0.2) is 36.5 Å². The molecule has 2 N–H and O–H groups in total. The number of H-pyrrole nitrogens is 1. The monoisotopic (exact) mass is 285 g/mol. The zero-order valence-electron chi connectivity index (χ0n) is 12.9. The predicted molar refractivity (Wildman–Crippen MR) is 83.8 cm³/mol. The van der Waals surface area contributed by atoms with Gasteiger partial charge in [0.05, 0.1) is 12.5 Å². The van der Waals surface area contributed by atoms with Crippen LogP contribution in [-0.2, 0) is 11.3 Å². The van der Waals surface area contributed by atoms with Crippen LogP contribution < -0.4 is 5.32 Å². The number of aromatic nitrogens is 2. The van der Waals surface area contributed by atoms with Gasteiger partial charge in [0.15, 0.2) is 0 Å². The Morgan fingerprint density at radius 3 is 2.57 bits per heavy atom. The number of benzene rings is 1. The molecule has 21 heavy (non-hydrogen) atoms. The van der Waals surface area contributed by atoms with Crippen LogP contribution in [0.2, 0.25) is 0 Å². The SMILES string of the molecule is Cc1cnc(CNC(=O)C(CC(C)C)c2ccccc2)[nH]1. The van der Waals surface area contributed by atoms with Crippen LogP contribution >= 0.6 is 0 Å². The molecule has 1 aromatic heterocycles. The van der Waals surface area contributed by atoms with Gasteiger partial charge in [0.25, 0.3) is 0 Å². The third-order valence-electron chi connectivity index (χ3n) is 3.41. The molecule has 0 aliphatic heterocycles. The van der Waals surface area contributed by atoms with Gasteiger partial charge in [0.1, 0.15) is 5.82 Å². The van der Waals surface area contributed by atoms with Crippen LogP contribution in [0.3, 0.4) is 0 Å². The molecule has 2 rings (SSSR count). The van der Waals surface area contributed by atoms with Crippen molar-refractivity contribution in [3.8, 4) is 0 Å². The number of carbonyl (C=O) groups is 1. The van der Waals surface area contributed by atoms with Gasteiger partial charge in [-0.25, -0.2) is 4.98 Å². The molecule has 4 heteroatoms. The summed E-state index contributed by atoms with van der Waals surface area (Å²) in [5, 5.41) is 2.98. The molecule has 1 amide bonds. The average molecular weight is 285 g/mol. The Hall–Kier alpha value is -2.10. The van der Waals surface area contributed by atoms with Crippen LogP contribution in [0.25, 0.3) is 0 Å². The minimum absolute atomic E-state index is 0.0592. The Balaban J connectivity index is 2.04. The van der Waals surface area contributed by atoms with Crippen molar-refractivity contribution in [1.82, 2.24) is 15.3 Å². The first kappa shape index (κ1) is 15.3. The molecule has 2 aromatic rings. The molecule has 1 heterocycles. The van der Waals surface area contributed by atoms with Gasteiger partial charge < -0.3 is 10.3 Å². The van der Waals surface area contributed by atoms with Crippen molar-refractivity contribution < 1.29 is 4.79 Å². The topological polar surface area (TPSA) is 57.8 Å². The normalized spacial score (nSPS) is 12.4. The molecule has 112 valence electrons. The van der Waals surface area contributed by atoms with Gasteiger partial charge in [-0.05, 0) is 24.8 Å². The molecule has 0 bridgehead atoms. The quantitative estimate of drug-likeness (QED) is 0.856. The summed E-state index contributed by atoms with van der Waals surface area (Å²) in [4.78, 5) is 19.8. The molecule has 1 atom stereocenters. The third-order valence-corrected chi connectivity index (χ3v) is 3.41. The molecule has 0 saturated heterocycles. The van der Waals surface area contributed by atoms with Crippen molar-refractivity contribution in [2.24, 2.45) is 5.92 Å². The van der Waals surface area contributed by atoms with Gasteiger partial charge in [-0.3, -0.25) is 4.79 Å². The number of aryl methyl sites for hydroxylation is 1. The van der Waals surface area contributed by atoms with Crippen LogP contribution in [0, 0.1) is 12.8 Å². The van der Waals surface area contributed by atoms with E-state index in [-0.39, 0.29) is 11.8 Å². The van der Waals surface area contributed by atoms with Gasteiger partial charge in [0.2, 0.25) is 5.91 Å². The lowest BCUT2D eigenvalue weighted by Crippen LogP contribution is -2.30. The molecule has 0 fully saturated rings. The van der Waals surface area contributed by atoms with Crippen LogP contribution in [0.1, 0.15) is 43.3 Å². The molecule has 0 aliphatic carbocycles. The molecule has 0 radical (unpaired) electrons. The summed E-state index contributed by atoms with van der Waals surface area (Å²) in [5.74, 6) is 1.20. The molecule has 0 spiro atoms. The fourth-order valence-corrected chi connectivity index (χ4v) is 2.40. The van der Waals surface area contributed by atoms with E-state index in [1.807, 2.05) is 37.3 Å². The summed E-state index contributed by atoms with van der Waals surface area (Å²) in [6, 6.07) is 9.96. The lowest BCUT2D eigenvalue weighted by molar-refractivity contribution is -0.123. The van der Waals surface area contributed by atoms with Crippen molar-refractivity contribution >= 4 is 5.91 Å². The van der Waals surface area contributed by atoms with E-state index in [4.69, 9.17) is 0 Å². The Kier molecular flexibility index (Phi) is 5.14. The fourth-order valence-electron chi connectivity index (χ4n) is 2.40. The van der Waals surface area contributed by atoms with Crippen molar-refractivity contribution in [2.75, 3.05) is 0 Å². The lowest BCUT2D eigenvalue weighted by Gasteiger charge is -2.19. The lowest BCUT2D eigenvalue weighted by atomic mass is 9.89. The smallest absolute Gasteiger partial charge is 0.227 e. The summed E-state index contributed by atoms with van der Waals surface area (Å²) in [6.07, 6.45) is 2.61. The summed E-state index contributed by atoms with van der Waals surface area (Å²) >= 11 is 0. The van der Waals surface area contributed by atoms with Gasteiger partial charge >= 0.3 is 0 Å². The summed E-state index contributed by atoms with van der Waals surface area (Å²) in [7, 11) is 0. The second kappa shape index (κ2) is 7.07. The average Bonchev–Trinajstić information content (AvgIpc) is 2.88. The second-order valence-electron chi connectivity index (χ2n) is 5.82. The maximum atomic E-state index is 12.5. The summed E-state index contributed by atoms with van der Waals surface area (Å²) in [6.45, 7) is 6.66. The number of imidazole rings is 1. The Labute approximate surface area is 126 Å². The van der Waals surface area contributed by atoms with Gasteiger partial charge in [0, 0.05) is 11.9 Å². The number of hydrogen-bond acceptors (Lipinski definition) is 2. The maximum absolute atomic E-state index is 12.5. The summed E-state index contributed by atoms with van der Waals surface area (Å²) in [5.41, 5.74) is 2.07. The number of hydrogen-bond donors (Lipinski definition) is 2. The second-order valence-corrected chi connectivity index (χ2v) is 5.82. The highest BCUT2D eigenvalue weighted by atomic mass is 16.1. The Morgan fingerprint density at radius 2 is 2.00 bits per heavy atom. The van der Waals surface area contributed by atoms with E-state index >= 15 is 0 Å². The number of carbonyl (C=O) groups excluding carboxylic acids is 1. The van der Waals surface area contributed by atoms with Crippen LogP contribution in [0.4, 0.5) is 0 Å². The highest BCUT2D eigenvalue weighted by Gasteiger charge is 2.21. The molecule has 0 aliphatic rings. The van der Waals surface area contributed by atoms with E-state index in [9.17, 15) is 4.79 Å². The first-order chi connectivity index (χ1) is 10.1. The first-order valence-corrected chi connectivity index (χ1v) is 7.39. The van der Waals surface area contributed by atoms with Crippen molar-refractivity contribution in [3.05, 3.63) is 53.6 Å². The molecule has 0 saturated carbocycles. The largest absolute Gasteiger partial charge is 0.348 e. The van der Waals surface area contributed by atoms with E-state index in [1.54, 1.807) is 6.20 Å². The van der Waals surface area contributed by atoms with E-state index in [0.717, 1.165) is 23.5 Å². The zero-order chi connectivity index (χ0) is 15.2. The van der Waals surface area contributed by atoms with E-state index < -0.39 is 0 Å². The van der Waals surface area contributed by atoms with E-state index in [2.05, 4.69) is 29.1 Å². The molecule has 1 aromatic carbocycles. The number of aromatic amines is 1. The highest BCUT2D eigenvalue weighted by Crippen LogP contribution is 2.24. The van der Waals surface area contributed by atoms with Gasteiger partial charge in [-0.1, -0.05) is 44.2 Å². The first-order valence-electron chi connectivity index (χ1n) is 7.39. The fraction of sp³-hybridized carbons (Fsp3) is 0.412. The number of amides is 1. The number of nitrogens with zero attached hydrogens (tertiary/aromatic N) is 1. The van der Waals surface area contributed by atoms with Crippen molar-refractivity contribution in [3.63, 3.8) is 0 Å². The van der Waals surface area contributed by atoms with Gasteiger partial charge in [-0.2, -0.15) is 0 Å². The Bertz CT molecular complexity index is 575. The van der Waals surface area contributed by atoms with Crippen LogP contribution in [-0.4, -0.2) is 15.9 Å². The molecule has 4 nitrogen and oxygen atoms in total. The predicted octanol–water partition coefficient (Wildman–Crippen LogP) is 3.16. The zero-order valence-corrected chi connectivity index (χ0v) is 12.9. The Morgan fingerprint density at radius 1 is 1.29 bits per heavy atom. The highest BCUT2D eigenvalue weighted by molar-refractivity contribution is 5.83. The van der Waals surface area contributed by atoms with Crippen LogP contribution in [0.5, 0.6) is 0 Å². The molecular weight excluding hydrogens is 262 g/mol. The number of rotatable bonds is 6. The molecular formula is C17H23N3O. The van der Waals surface area contributed by atoms with Gasteiger partial charge in [-0.15, -0.1) is 0 Å². The minimum Gasteiger partial charge on any atom is -0.348 e. The minimum atomic E-state index is -0.109. The third kappa shape index (κ3) is 4.45. The standard InChI is InChI=1S/C17H23N3O/c1-12(2)9-15(14-7-5-4-6-8-14)17(21)19-11-16-18-10-13(3)20-16/h4-8,10,12,15H,9,11H2,1-3H3,(H,18,20)(H,19,21).